The number of rotatable bonds is 2. The molecule has 2 aliphatic rings. The predicted octanol–water partition coefficient (Wildman–Crippen LogP) is 0.779. The number of hydrogen-bond donors (Lipinski definition) is 0. The monoisotopic (exact) mass is 301 g/mol. The predicted molar refractivity (Wildman–Crippen MR) is 72.8 cm³/mol. The number of halogens is 1. The van der Waals surface area contributed by atoms with Crippen LogP contribution in [0.5, 0.6) is 0 Å². The first-order valence-electron chi connectivity index (χ1n) is 5.41. The molecular weight excluding hydrogens is 290 g/mol. The number of carbonyl (C=O) groups is 1. The summed E-state index contributed by atoms with van der Waals surface area (Å²) in [6, 6.07) is -0.723. The summed E-state index contributed by atoms with van der Waals surface area (Å²) in [7, 11) is 4.50. The Bertz CT molecular complexity index is 587. The third-order valence-electron chi connectivity index (χ3n) is 3.07. The van der Waals surface area contributed by atoms with Gasteiger partial charge >= 0.3 is 5.97 Å². The van der Waals surface area contributed by atoms with Crippen LogP contribution < -0.4 is 0 Å². The molecule has 19 heavy (non-hydrogen) atoms. The molecule has 1 atom stereocenters. The highest BCUT2D eigenvalue weighted by Gasteiger charge is 2.42. The Kier molecular flexibility index (Phi) is 3.82. The van der Waals surface area contributed by atoms with Crippen LogP contribution in [0.2, 0.25) is 0 Å². The van der Waals surface area contributed by atoms with Crippen molar-refractivity contribution in [1.29, 1.82) is 0 Å². The number of esters is 1. The fraction of sp³-hybridized carbons (Fsp3) is 0.333. The molecule has 0 saturated carbocycles. The molecule has 5 nitrogen and oxygen atoms in total. The van der Waals surface area contributed by atoms with E-state index in [9.17, 15) is 9.00 Å². The lowest BCUT2D eigenvalue weighted by Gasteiger charge is -2.23. The molecule has 0 saturated heterocycles. The molecule has 0 radical (unpaired) electrons. The second-order valence-electron chi connectivity index (χ2n) is 3.96. The number of fused-ring (bicyclic) bond motifs is 1. The van der Waals surface area contributed by atoms with Crippen LogP contribution in [-0.4, -0.2) is 47.3 Å². The van der Waals surface area contributed by atoms with Crippen LogP contribution in [0.25, 0.3) is 0 Å². The van der Waals surface area contributed by atoms with E-state index in [1.54, 1.807) is 24.1 Å². The van der Waals surface area contributed by atoms with E-state index in [1.165, 1.54) is 14.2 Å². The number of ether oxygens (including phenoxy) is 2. The number of nitrogens with zero attached hydrogens (tertiary/aromatic N) is 1. The normalized spacial score (nSPS) is 21.8. The summed E-state index contributed by atoms with van der Waals surface area (Å²) in [5.41, 5.74) is 1.25. The highest BCUT2D eigenvalue weighted by Crippen LogP contribution is 2.39. The van der Waals surface area contributed by atoms with Gasteiger partial charge in [-0.1, -0.05) is 11.6 Å². The molecule has 1 aliphatic carbocycles. The first-order valence-corrected chi connectivity index (χ1v) is 6.53. The Morgan fingerprint density at radius 1 is 1.42 bits per heavy atom. The van der Waals surface area contributed by atoms with Crippen LogP contribution in [0, 0.1) is 0 Å². The van der Waals surface area contributed by atoms with Gasteiger partial charge in [0, 0.05) is 18.3 Å². The first-order chi connectivity index (χ1) is 9.06. The van der Waals surface area contributed by atoms with Crippen LogP contribution >= 0.6 is 11.6 Å². The second-order valence-corrected chi connectivity index (χ2v) is 4.94. The van der Waals surface area contributed by atoms with Crippen molar-refractivity contribution in [3.63, 3.8) is 0 Å². The lowest BCUT2D eigenvalue weighted by molar-refractivity contribution is -0.143. The lowest BCUT2D eigenvalue weighted by Crippen LogP contribution is -2.35. The number of carbonyl (C=O) groups excluding carboxylic acids is 1. The van der Waals surface area contributed by atoms with E-state index in [0.29, 0.717) is 33.1 Å². The van der Waals surface area contributed by atoms with Crippen molar-refractivity contribution in [3.05, 3.63) is 34.2 Å². The standard InChI is InChI=1S/C12H12ClNO4S/c1-14-6-4-5-7(17-2)11(19-16)8(6)9(13)10(14)12(15)18-3/h4-5,10H,1-3H3. The minimum Gasteiger partial charge on any atom is -0.495 e. The highest BCUT2D eigenvalue weighted by atomic mass is 35.5. The molecular formula is C12H12ClNO4S. The second kappa shape index (κ2) is 5.22. The van der Waals surface area contributed by atoms with Gasteiger partial charge in [-0.25, -0.2) is 9.00 Å². The fourth-order valence-corrected chi connectivity index (χ4v) is 3.15. The number of allylic oxidation sites excluding steroid dienone is 4. The van der Waals surface area contributed by atoms with Crippen LogP contribution in [0.1, 0.15) is 0 Å². The quantitative estimate of drug-likeness (QED) is 0.557. The van der Waals surface area contributed by atoms with E-state index < -0.39 is 12.0 Å². The molecule has 0 aromatic rings. The van der Waals surface area contributed by atoms with Gasteiger partial charge in [0.05, 0.1) is 19.3 Å². The summed E-state index contributed by atoms with van der Waals surface area (Å²) in [6.07, 6.45) is 3.44. The van der Waals surface area contributed by atoms with Gasteiger partial charge in [0.2, 0.25) is 0 Å². The van der Waals surface area contributed by atoms with Gasteiger partial charge in [-0.2, -0.15) is 0 Å². The first kappa shape index (κ1) is 13.9. The van der Waals surface area contributed by atoms with E-state index in [0.717, 1.165) is 0 Å². The molecule has 2 rings (SSSR count). The molecule has 0 amide bonds. The Morgan fingerprint density at radius 3 is 2.63 bits per heavy atom. The third kappa shape index (κ3) is 2.01. The van der Waals surface area contributed by atoms with Crippen molar-refractivity contribution < 1.29 is 18.5 Å². The van der Waals surface area contributed by atoms with Gasteiger partial charge in [-0.15, -0.1) is 0 Å². The average Bonchev–Trinajstić information content (AvgIpc) is 2.69. The maximum atomic E-state index is 11.8. The number of hydrogen-bond acceptors (Lipinski definition) is 5. The van der Waals surface area contributed by atoms with Crippen molar-refractivity contribution in [2.24, 2.45) is 0 Å². The lowest BCUT2D eigenvalue weighted by atomic mass is 10.0. The van der Waals surface area contributed by atoms with Gasteiger partial charge in [0.25, 0.3) is 0 Å². The molecule has 1 aliphatic heterocycles. The smallest absolute Gasteiger partial charge is 0.334 e. The molecule has 7 heteroatoms. The minimum atomic E-state index is -0.723. The summed E-state index contributed by atoms with van der Waals surface area (Å²) in [4.78, 5) is 13.8. The van der Waals surface area contributed by atoms with Gasteiger partial charge in [-0.05, 0) is 12.2 Å². The third-order valence-corrected chi connectivity index (χ3v) is 4.04. The van der Waals surface area contributed by atoms with E-state index in [2.05, 4.69) is 0 Å². The Labute approximate surface area is 119 Å². The van der Waals surface area contributed by atoms with E-state index >= 15 is 0 Å². The maximum absolute atomic E-state index is 11.8. The van der Waals surface area contributed by atoms with Crippen LogP contribution in [0.3, 0.4) is 0 Å². The molecule has 0 bridgehead atoms. The summed E-state index contributed by atoms with van der Waals surface area (Å²) >= 11 is 6.55. The van der Waals surface area contributed by atoms with Crippen molar-refractivity contribution in [3.8, 4) is 0 Å². The zero-order valence-corrected chi connectivity index (χ0v) is 12.2. The van der Waals surface area contributed by atoms with Gasteiger partial charge in [-0.3, -0.25) is 0 Å². The molecule has 1 unspecified atom stereocenters. The molecule has 102 valence electrons. The van der Waals surface area contributed by atoms with E-state index in [4.69, 9.17) is 21.1 Å². The van der Waals surface area contributed by atoms with Crippen molar-refractivity contribution >= 4 is 33.7 Å². The largest absolute Gasteiger partial charge is 0.495 e. The number of likely N-dealkylation sites (N-methyl/N-ethyl adjacent to an activating group) is 1. The van der Waals surface area contributed by atoms with Crippen LogP contribution in [0.4, 0.5) is 0 Å². The zero-order valence-electron chi connectivity index (χ0n) is 10.6. The number of methoxy groups -OCH3 is 2. The Hall–Kier alpha value is -1.53. The molecule has 0 fully saturated rings. The molecule has 0 aromatic heterocycles. The average molecular weight is 302 g/mol. The maximum Gasteiger partial charge on any atom is 0.334 e. The molecule has 0 spiro atoms. The van der Waals surface area contributed by atoms with Crippen LogP contribution in [-0.2, 0) is 25.5 Å². The Balaban J connectivity index is 2.59. The molecule has 1 heterocycles. The molecule has 0 N–H and O–H groups in total. The Morgan fingerprint density at radius 2 is 2.11 bits per heavy atom. The SMILES string of the molecule is COC(=O)C1C(Cl)=C2C(=CC=C(OC)C2=S=O)N1C. The van der Waals surface area contributed by atoms with Crippen LogP contribution in [0.15, 0.2) is 34.2 Å². The van der Waals surface area contributed by atoms with Crippen molar-refractivity contribution in [2.45, 2.75) is 6.04 Å². The molecule has 0 aromatic carbocycles. The summed E-state index contributed by atoms with van der Waals surface area (Å²) < 4.78 is 21.2. The zero-order chi connectivity index (χ0) is 14.2. The van der Waals surface area contributed by atoms with E-state index in [1.807, 2.05) is 0 Å². The summed E-state index contributed by atoms with van der Waals surface area (Å²) in [5.74, 6) is -0.0275. The van der Waals surface area contributed by atoms with Crippen molar-refractivity contribution in [1.82, 2.24) is 4.90 Å². The van der Waals surface area contributed by atoms with Gasteiger partial charge in [0.1, 0.15) is 21.9 Å². The highest BCUT2D eigenvalue weighted by molar-refractivity contribution is 7.67. The summed E-state index contributed by atoms with van der Waals surface area (Å²) in [5, 5.41) is 0.279. The fourth-order valence-electron chi connectivity index (χ4n) is 2.14. The topological polar surface area (TPSA) is 55.8 Å². The van der Waals surface area contributed by atoms with Crippen molar-refractivity contribution in [2.75, 3.05) is 21.3 Å². The van der Waals surface area contributed by atoms with E-state index in [-0.39, 0.29) is 5.03 Å². The van der Waals surface area contributed by atoms with Gasteiger partial charge in [0.15, 0.2) is 6.04 Å². The summed E-state index contributed by atoms with van der Waals surface area (Å²) in [6.45, 7) is 0. The minimum absolute atomic E-state index is 0.279. The van der Waals surface area contributed by atoms with Gasteiger partial charge < -0.3 is 14.4 Å².